The highest BCUT2D eigenvalue weighted by Gasteiger charge is 2.21. The van der Waals surface area contributed by atoms with Crippen LogP contribution in [0.4, 0.5) is 0 Å². The molecule has 1 aliphatic rings. The standard InChI is InChI=1S/C16H25N5O2/c1-3-4-20-9-13(12(2)17-20)8-19-5-6-21-14(10-19)7-15(18-21)16(23)11-22/h7,9,16,22-23H,3-6,8,10-11H2,1-2H3/t16-/m1/s1. The Morgan fingerprint density at radius 2 is 2.13 bits per heavy atom. The van der Waals surface area contributed by atoms with E-state index in [4.69, 9.17) is 5.11 Å². The van der Waals surface area contributed by atoms with Gasteiger partial charge in [-0.25, -0.2) is 0 Å². The first-order chi connectivity index (χ1) is 11.1. The van der Waals surface area contributed by atoms with Gasteiger partial charge >= 0.3 is 0 Å². The molecule has 2 N–H and O–H groups in total. The van der Waals surface area contributed by atoms with Gasteiger partial charge in [-0.15, -0.1) is 0 Å². The smallest absolute Gasteiger partial charge is 0.121 e. The number of aliphatic hydroxyl groups excluding tert-OH is 2. The molecule has 3 rings (SSSR count). The van der Waals surface area contributed by atoms with E-state index in [0.29, 0.717) is 5.69 Å². The van der Waals surface area contributed by atoms with Crippen molar-refractivity contribution in [3.63, 3.8) is 0 Å². The van der Waals surface area contributed by atoms with Crippen molar-refractivity contribution in [1.82, 2.24) is 24.5 Å². The predicted octanol–water partition coefficient (Wildman–Crippen LogP) is 0.840. The number of hydrogen-bond acceptors (Lipinski definition) is 5. The van der Waals surface area contributed by atoms with Gasteiger partial charge in [0.25, 0.3) is 0 Å². The van der Waals surface area contributed by atoms with E-state index >= 15 is 0 Å². The van der Waals surface area contributed by atoms with E-state index in [1.165, 1.54) is 5.56 Å². The number of aromatic nitrogens is 4. The van der Waals surface area contributed by atoms with E-state index in [9.17, 15) is 5.11 Å². The molecule has 0 saturated carbocycles. The maximum Gasteiger partial charge on any atom is 0.121 e. The van der Waals surface area contributed by atoms with E-state index in [-0.39, 0.29) is 6.61 Å². The Labute approximate surface area is 136 Å². The number of nitrogens with zero attached hydrogens (tertiary/aromatic N) is 5. The molecule has 0 fully saturated rings. The second-order valence-corrected chi connectivity index (χ2v) is 6.20. The average molecular weight is 319 g/mol. The fraction of sp³-hybridized carbons (Fsp3) is 0.625. The lowest BCUT2D eigenvalue weighted by atomic mass is 10.2. The van der Waals surface area contributed by atoms with Crippen LogP contribution >= 0.6 is 0 Å². The summed E-state index contributed by atoms with van der Waals surface area (Å²) in [5, 5.41) is 27.7. The highest BCUT2D eigenvalue weighted by atomic mass is 16.3. The first kappa shape index (κ1) is 16.2. The van der Waals surface area contributed by atoms with Crippen molar-refractivity contribution in [3.05, 3.63) is 34.9 Å². The van der Waals surface area contributed by atoms with Crippen LogP contribution in [0, 0.1) is 6.92 Å². The molecule has 7 nitrogen and oxygen atoms in total. The van der Waals surface area contributed by atoms with Crippen LogP contribution in [0.1, 0.15) is 42.1 Å². The molecule has 0 aromatic carbocycles. The molecule has 1 aliphatic heterocycles. The number of fused-ring (bicyclic) bond motifs is 1. The van der Waals surface area contributed by atoms with Crippen molar-refractivity contribution in [3.8, 4) is 0 Å². The fourth-order valence-electron chi connectivity index (χ4n) is 3.03. The Hall–Kier alpha value is -1.70. The number of aryl methyl sites for hydroxylation is 2. The molecule has 0 radical (unpaired) electrons. The predicted molar refractivity (Wildman–Crippen MR) is 85.6 cm³/mol. The molecule has 1 atom stereocenters. The van der Waals surface area contributed by atoms with Crippen LogP contribution in [0.2, 0.25) is 0 Å². The summed E-state index contributed by atoms with van der Waals surface area (Å²) in [5.74, 6) is 0. The molecule has 23 heavy (non-hydrogen) atoms. The van der Waals surface area contributed by atoms with Gasteiger partial charge in [-0.2, -0.15) is 10.2 Å². The zero-order valence-corrected chi connectivity index (χ0v) is 13.8. The topological polar surface area (TPSA) is 79.3 Å². The Kier molecular flexibility index (Phi) is 4.79. The maximum atomic E-state index is 9.72. The molecule has 3 heterocycles. The van der Waals surface area contributed by atoms with Gasteiger partial charge in [-0.05, 0) is 19.4 Å². The third kappa shape index (κ3) is 3.46. The summed E-state index contributed by atoms with van der Waals surface area (Å²) in [4.78, 5) is 2.37. The van der Waals surface area contributed by atoms with Gasteiger partial charge in [0.05, 0.1) is 30.2 Å². The second-order valence-electron chi connectivity index (χ2n) is 6.20. The zero-order valence-electron chi connectivity index (χ0n) is 13.8. The van der Waals surface area contributed by atoms with E-state index < -0.39 is 6.10 Å². The van der Waals surface area contributed by atoms with Crippen molar-refractivity contribution in [2.45, 2.75) is 52.6 Å². The lowest BCUT2D eigenvalue weighted by molar-refractivity contribution is 0.0915. The third-order valence-corrected chi connectivity index (χ3v) is 4.30. The number of hydrogen-bond donors (Lipinski definition) is 2. The van der Waals surface area contributed by atoms with Crippen LogP contribution in [-0.4, -0.2) is 47.8 Å². The molecule has 2 aromatic rings. The minimum atomic E-state index is -0.893. The first-order valence-electron chi connectivity index (χ1n) is 8.21. The van der Waals surface area contributed by atoms with Gasteiger partial charge in [0.2, 0.25) is 0 Å². The van der Waals surface area contributed by atoms with Gasteiger partial charge in [0.1, 0.15) is 6.10 Å². The third-order valence-electron chi connectivity index (χ3n) is 4.30. The molecule has 7 heteroatoms. The van der Waals surface area contributed by atoms with Crippen LogP contribution in [0.25, 0.3) is 0 Å². The van der Waals surface area contributed by atoms with Crippen molar-refractivity contribution < 1.29 is 10.2 Å². The largest absolute Gasteiger partial charge is 0.393 e. The van der Waals surface area contributed by atoms with Gasteiger partial charge < -0.3 is 10.2 Å². The molecular weight excluding hydrogens is 294 g/mol. The van der Waals surface area contributed by atoms with E-state index in [1.54, 1.807) is 0 Å². The van der Waals surface area contributed by atoms with E-state index in [1.807, 2.05) is 15.4 Å². The first-order valence-corrected chi connectivity index (χ1v) is 8.21. The maximum absolute atomic E-state index is 9.72. The van der Waals surface area contributed by atoms with Gasteiger partial charge in [-0.3, -0.25) is 14.3 Å². The minimum Gasteiger partial charge on any atom is -0.393 e. The van der Waals surface area contributed by atoms with Gasteiger partial charge in [0, 0.05) is 37.9 Å². The summed E-state index contributed by atoms with van der Waals surface area (Å²) in [5.41, 5.74) is 3.99. The summed E-state index contributed by atoms with van der Waals surface area (Å²) in [6.45, 7) is 8.26. The summed E-state index contributed by atoms with van der Waals surface area (Å²) in [7, 11) is 0. The molecule has 0 aliphatic carbocycles. The Morgan fingerprint density at radius 3 is 2.87 bits per heavy atom. The van der Waals surface area contributed by atoms with Crippen LogP contribution in [0.15, 0.2) is 12.3 Å². The minimum absolute atomic E-state index is 0.296. The van der Waals surface area contributed by atoms with Gasteiger partial charge in [0.15, 0.2) is 0 Å². The molecule has 0 bridgehead atoms. The molecule has 126 valence electrons. The Bertz CT molecular complexity index is 663. The average Bonchev–Trinajstić information content (AvgIpc) is 3.10. The Balaban J connectivity index is 1.68. The van der Waals surface area contributed by atoms with Crippen LogP contribution in [-0.2, 0) is 26.2 Å². The molecule has 0 amide bonds. The number of rotatable bonds is 6. The molecule has 0 spiro atoms. The second kappa shape index (κ2) is 6.82. The van der Waals surface area contributed by atoms with Crippen LogP contribution in [0.3, 0.4) is 0 Å². The molecule has 2 aromatic heterocycles. The normalized spacial score (nSPS) is 16.5. The lowest BCUT2D eigenvalue weighted by Gasteiger charge is -2.27. The highest BCUT2D eigenvalue weighted by Crippen LogP contribution is 2.20. The molecular formula is C16H25N5O2. The van der Waals surface area contributed by atoms with E-state index in [2.05, 4.69) is 35.1 Å². The quantitative estimate of drug-likeness (QED) is 0.825. The summed E-state index contributed by atoms with van der Waals surface area (Å²) < 4.78 is 3.95. The van der Waals surface area contributed by atoms with Crippen LogP contribution < -0.4 is 0 Å². The van der Waals surface area contributed by atoms with Gasteiger partial charge in [-0.1, -0.05) is 6.92 Å². The van der Waals surface area contributed by atoms with E-state index in [0.717, 1.165) is 50.5 Å². The fourth-order valence-corrected chi connectivity index (χ4v) is 3.03. The zero-order chi connectivity index (χ0) is 16.4. The molecule has 0 saturated heterocycles. The van der Waals surface area contributed by atoms with Crippen molar-refractivity contribution in [2.75, 3.05) is 13.2 Å². The SMILES string of the molecule is CCCn1cc(CN2CCn3nc([C@H](O)CO)cc3C2)c(C)n1. The summed E-state index contributed by atoms with van der Waals surface area (Å²) in [6.07, 6.45) is 2.33. The van der Waals surface area contributed by atoms with Crippen molar-refractivity contribution >= 4 is 0 Å². The highest BCUT2D eigenvalue weighted by molar-refractivity contribution is 5.17. The molecule has 0 unspecified atom stereocenters. The summed E-state index contributed by atoms with van der Waals surface area (Å²) in [6, 6.07) is 1.89. The summed E-state index contributed by atoms with van der Waals surface area (Å²) >= 11 is 0. The number of aliphatic hydroxyl groups is 2. The monoisotopic (exact) mass is 319 g/mol. The Morgan fingerprint density at radius 1 is 1.30 bits per heavy atom. The van der Waals surface area contributed by atoms with Crippen molar-refractivity contribution in [1.29, 1.82) is 0 Å². The van der Waals surface area contributed by atoms with Crippen molar-refractivity contribution in [2.24, 2.45) is 0 Å². The van der Waals surface area contributed by atoms with Crippen LogP contribution in [0.5, 0.6) is 0 Å². The lowest BCUT2D eigenvalue weighted by Crippen LogP contribution is -2.33.